The van der Waals surface area contributed by atoms with Gasteiger partial charge in [-0.1, -0.05) is 19.3 Å². The lowest BCUT2D eigenvalue weighted by Crippen LogP contribution is -2.41. The number of hydrogen-bond donors (Lipinski definition) is 2. The van der Waals surface area contributed by atoms with Gasteiger partial charge in [-0.05, 0) is 18.3 Å². The molecule has 1 aliphatic carbocycles. The highest BCUT2D eigenvalue weighted by atomic mass is 35.5. The van der Waals surface area contributed by atoms with Crippen LogP contribution in [-0.2, 0) is 0 Å². The van der Waals surface area contributed by atoms with E-state index in [0.29, 0.717) is 11.5 Å². The number of hydrogen-bond acceptors (Lipinski definition) is 2. The third kappa shape index (κ3) is 2.50. The lowest BCUT2D eigenvalue weighted by atomic mass is 9.71. The van der Waals surface area contributed by atoms with Gasteiger partial charge in [-0.2, -0.15) is 0 Å². The number of nitrogens with two attached hydrogens (primary N) is 1. The Labute approximate surface area is 92.8 Å². The highest BCUT2D eigenvalue weighted by molar-refractivity contribution is 5.85. The molecule has 0 bridgehead atoms. The van der Waals surface area contributed by atoms with Crippen LogP contribution in [0.2, 0.25) is 0 Å². The van der Waals surface area contributed by atoms with E-state index in [1.807, 2.05) is 0 Å². The third-order valence-electron chi connectivity index (χ3n) is 3.48. The first kappa shape index (κ1) is 13.5. The minimum absolute atomic E-state index is 0. The predicted molar refractivity (Wildman–Crippen MR) is 60.9 cm³/mol. The van der Waals surface area contributed by atoms with Crippen molar-refractivity contribution in [2.75, 3.05) is 13.1 Å². The van der Waals surface area contributed by atoms with Crippen molar-refractivity contribution >= 4 is 24.8 Å². The zero-order valence-electron chi connectivity index (χ0n) is 7.92. The van der Waals surface area contributed by atoms with Crippen molar-refractivity contribution in [1.29, 1.82) is 0 Å². The average Bonchev–Trinajstić information content (AvgIpc) is 2.36. The summed E-state index contributed by atoms with van der Waals surface area (Å²) in [6.07, 6.45) is 6.95. The molecule has 80 valence electrons. The molecule has 0 radical (unpaired) electrons. The molecular formula is C9H20Cl2N2. The molecule has 1 spiro atoms. The van der Waals surface area contributed by atoms with Gasteiger partial charge in [0.2, 0.25) is 0 Å². The molecule has 1 saturated heterocycles. The summed E-state index contributed by atoms with van der Waals surface area (Å²) in [5, 5.41) is 3.41. The van der Waals surface area contributed by atoms with Crippen molar-refractivity contribution in [3.63, 3.8) is 0 Å². The van der Waals surface area contributed by atoms with Gasteiger partial charge in [0.25, 0.3) is 0 Å². The van der Waals surface area contributed by atoms with E-state index in [-0.39, 0.29) is 24.8 Å². The minimum Gasteiger partial charge on any atom is -0.326 e. The second-order valence-electron chi connectivity index (χ2n) is 4.16. The monoisotopic (exact) mass is 226 g/mol. The SMILES string of the molecule is Cl.Cl.NC1CNCC12CCCCC2. The largest absolute Gasteiger partial charge is 0.326 e. The third-order valence-corrected chi connectivity index (χ3v) is 3.48. The van der Waals surface area contributed by atoms with Crippen LogP contribution in [0, 0.1) is 5.41 Å². The number of nitrogens with one attached hydrogen (secondary N) is 1. The Bertz CT molecular complexity index is 147. The Kier molecular flexibility index (Phi) is 5.61. The predicted octanol–water partition coefficient (Wildman–Crippen LogP) is 1.71. The van der Waals surface area contributed by atoms with E-state index in [0.717, 1.165) is 6.54 Å². The van der Waals surface area contributed by atoms with E-state index >= 15 is 0 Å². The van der Waals surface area contributed by atoms with Gasteiger partial charge in [-0.25, -0.2) is 0 Å². The quantitative estimate of drug-likeness (QED) is 0.661. The van der Waals surface area contributed by atoms with Crippen LogP contribution in [-0.4, -0.2) is 19.1 Å². The van der Waals surface area contributed by atoms with E-state index < -0.39 is 0 Å². The van der Waals surface area contributed by atoms with Gasteiger partial charge in [-0.3, -0.25) is 0 Å². The molecule has 0 aromatic carbocycles. The molecule has 4 heteroatoms. The summed E-state index contributed by atoms with van der Waals surface area (Å²) >= 11 is 0. The summed E-state index contributed by atoms with van der Waals surface area (Å²) in [5.74, 6) is 0. The first-order valence-corrected chi connectivity index (χ1v) is 4.80. The van der Waals surface area contributed by atoms with Crippen molar-refractivity contribution < 1.29 is 0 Å². The fourth-order valence-electron chi connectivity index (χ4n) is 2.63. The molecule has 2 nitrogen and oxygen atoms in total. The fraction of sp³-hybridized carbons (Fsp3) is 1.00. The van der Waals surface area contributed by atoms with E-state index in [9.17, 15) is 0 Å². The van der Waals surface area contributed by atoms with Crippen LogP contribution < -0.4 is 11.1 Å². The summed E-state index contributed by atoms with van der Waals surface area (Å²) < 4.78 is 0. The second kappa shape index (κ2) is 5.40. The lowest BCUT2D eigenvalue weighted by Gasteiger charge is -2.36. The summed E-state index contributed by atoms with van der Waals surface area (Å²) in [7, 11) is 0. The molecule has 2 rings (SSSR count). The Morgan fingerprint density at radius 3 is 2.15 bits per heavy atom. The van der Waals surface area contributed by atoms with Crippen LogP contribution in [0.4, 0.5) is 0 Å². The van der Waals surface area contributed by atoms with E-state index in [4.69, 9.17) is 5.73 Å². The Morgan fingerprint density at radius 2 is 1.69 bits per heavy atom. The smallest absolute Gasteiger partial charge is 0.0234 e. The van der Waals surface area contributed by atoms with Crippen molar-refractivity contribution in [2.24, 2.45) is 11.1 Å². The maximum Gasteiger partial charge on any atom is 0.0234 e. The van der Waals surface area contributed by atoms with Gasteiger partial charge in [0.05, 0.1) is 0 Å². The first-order valence-electron chi connectivity index (χ1n) is 4.80. The topological polar surface area (TPSA) is 38.0 Å². The standard InChI is InChI=1S/C9H18N2.2ClH/c10-8-6-11-7-9(8)4-2-1-3-5-9;;/h8,11H,1-7,10H2;2*1H. The van der Waals surface area contributed by atoms with Crippen LogP contribution in [0.1, 0.15) is 32.1 Å². The molecule has 0 aromatic heterocycles. The van der Waals surface area contributed by atoms with Crippen LogP contribution >= 0.6 is 24.8 Å². The maximum atomic E-state index is 6.08. The van der Waals surface area contributed by atoms with Gasteiger partial charge < -0.3 is 11.1 Å². The highest BCUT2D eigenvalue weighted by Crippen LogP contribution is 2.39. The molecule has 1 atom stereocenters. The van der Waals surface area contributed by atoms with Crippen molar-refractivity contribution in [1.82, 2.24) is 5.32 Å². The lowest BCUT2D eigenvalue weighted by molar-refractivity contribution is 0.191. The Balaban J connectivity index is 0.000000720. The molecule has 0 amide bonds. The van der Waals surface area contributed by atoms with Gasteiger partial charge in [0.15, 0.2) is 0 Å². The summed E-state index contributed by atoms with van der Waals surface area (Å²) in [6, 6.07) is 0.433. The van der Waals surface area contributed by atoms with Crippen LogP contribution in [0.25, 0.3) is 0 Å². The summed E-state index contributed by atoms with van der Waals surface area (Å²) in [5.41, 5.74) is 6.58. The van der Waals surface area contributed by atoms with Gasteiger partial charge in [0, 0.05) is 19.1 Å². The van der Waals surface area contributed by atoms with Crippen LogP contribution in [0.3, 0.4) is 0 Å². The molecule has 1 unspecified atom stereocenters. The van der Waals surface area contributed by atoms with Crippen LogP contribution in [0.15, 0.2) is 0 Å². The van der Waals surface area contributed by atoms with Crippen molar-refractivity contribution in [3.05, 3.63) is 0 Å². The zero-order chi connectivity index (χ0) is 7.73. The van der Waals surface area contributed by atoms with Gasteiger partial charge in [0.1, 0.15) is 0 Å². The second-order valence-corrected chi connectivity index (χ2v) is 4.16. The molecule has 3 N–H and O–H groups in total. The number of halogens is 2. The Hall–Kier alpha value is 0.500. The molecule has 1 aliphatic heterocycles. The van der Waals surface area contributed by atoms with Gasteiger partial charge >= 0.3 is 0 Å². The van der Waals surface area contributed by atoms with Crippen molar-refractivity contribution in [3.8, 4) is 0 Å². The fourth-order valence-corrected chi connectivity index (χ4v) is 2.63. The van der Waals surface area contributed by atoms with Crippen LogP contribution in [0.5, 0.6) is 0 Å². The molecule has 2 aliphatic rings. The summed E-state index contributed by atoms with van der Waals surface area (Å²) in [6.45, 7) is 2.22. The molecule has 2 fully saturated rings. The van der Waals surface area contributed by atoms with E-state index in [2.05, 4.69) is 5.32 Å². The average molecular weight is 227 g/mol. The van der Waals surface area contributed by atoms with E-state index in [1.54, 1.807) is 0 Å². The molecule has 0 aromatic rings. The zero-order valence-corrected chi connectivity index (χ0v) is 9.55. The van der Waals surface area contributed by atoms with Gasteiger partial charge in [-0.15, -0.1) is 24.8 Å². The molecular weight excluding hydrogens is 207 g/mol. The molecule has 1 saturated carbocycles. The minimum atomic E-state index is 0. The number of rotatable bonds is 0. The highest BCUT2D eigenvalue weighted by Gasteiger charge is 2.40. The normalized spacial score (nSPS) is 30.7. The Morgan fingerprint density at radius 1 is 1.08 bits per heavy atom. The van der Waals surface area contributed by atoms with E-state index in [1.165, 1.54) is 38.6 Å². The summed E-state index contributed by atoms with van der Waals surface area (Å²) in [4.78, 5) is 0. The van der Waals surface area contributed by atoms with Crippen molar-refractivity contribution in [2.45, 2.75) is 38.1 Å². The maximum absolute atomic E-state index is 6.08. The molecule has 13 heavy (non-hydrogen) atoms. The first-order chi connectivity index (χ1) is 5.33. The molecule has 1 heterocycles.